The normalized spacial score (nSPS) is 18.1. The van der Waals surface area contributed by atoms with E-state index in [2.05, 4.69) is 5.32 Å². The van der Waals surface area contributed by atoms with Crippen molar-refractivity contribution >= 4 is 0 Å². The summed E-state index contributed by atoms with van der Waals surface area (Å²) in [5, 5.41) is 3.51. The van der Waals surface area contributed by atoms with Crippen LogP contribution < -0.4 is 14.8 Å². The Hall–Kier alpha value is -1.26. The molecule has 4 nitrogen and oxygen atoms in total. The molecule has 4 heteroatoms. The van der Waals surface area contributed by atoms with Crippen molar-refractivity contribution in [2.45, 2.75) is 38.3 Å². The summed E-state index contributed by atoms with van der Waals surface area (Å²) in [5.41, 5.74) is 1.13. The lowest BCUT2D eigenvalue weighted by atomic mass is 10.2. The van der Waals surface area contributed by atoms with E-state index in [0.29, 0.717) is 12.8 Å². The van der Waals surface area contributed by atoms with E-state index in [1.54, 1.807) is 7.11 Å². The van der Waals surface area contributed by atoms with Crippen LogP contribution in [-0.4, -0.2) is 26.6 Å². The molecule has 1 N–H and O–H groups in total. The van der Waals surface area contributed by atoms with E-state index >= 15 is 0 Å². The first kappa shape index (κ1) is 13.7. The Labute approximate surface area is 120 Å². The van der Waals surface area contributed by atoms with E-state index in [0.717, 1.165) is 36.1 Å². The molecule has 2 aliphatic rings. The molecule has 0 atom stereocenters. The molecule has 0 amide bonds. The summed E-state index contributed by atoms with van der Waals surface area (Å²) in [4.78, 5) is 0. The van der Waals surface area contributed by atoms with Gasteiger partial charge in [-0.25, -0.2) is 0 Å². The van der Waals surface area contributed by atoms with E-state index in [-0.39, 0.29) is 0 Å². The Kier molecular flexibility index (Phi) is 4.43. The average molecular weight is 277 g/mol. The molecular formula is C16H23NO3. The van der Waals surface area contributed by atoms with E-state index < -0.39 is 0 Å². The van der Waals surface area contributed by atoms with E-state index in [9.17, 15) is 0 Å². The van der Waals surface area contributed by atoms with Crippen molar-refractivity contribution < 1.29 is 14.2 Å². The zero-order valence-corrected chi connectivity index (χ0v) is 12.1. The second-order valence-electron chi connectivity index (χ2n) is 5.71. The summed E-state index contributed by atoms with van der Waals surface area (Å²) >= 11 is 0. The number of benzene rings is 1. The summed E-state index contributed by atoms with van der Waals surface area (Å²) < 4.78 is 16.6. The van der Waals surface area contributed by atoms with Crippen LogP contribution in [0.25, 0.3) is 0 Å². The molecule has 1 aromatic rings. The van der Waals surface area contributed by atoms with Gasteiger partial charge in [-0.15, -0.1) is 0 Å². The quantitative estimate of drug-likeness (QED) is 0.556. The molecule has 1 aromatic carbocycles. The lowest BCUT2D eigenvalue weighted by Gasteiger charge is -2.13. The second-order valence-corrected chi connectivity index (χ2v) is 5.71. The Bertz CT molecular complexity index is 441. The van der Waals surface area contributed by atoms with Gasteiger partial charge in [0.25, 0.3) is 0 Å². The van der Waals surface area contributed by atoms with Crippen molar-refractivity contribution in [1.29, 1.82) is 0 Å². The van der Waals surface area contributed by atoms with E-state index in [1.165, 1.54) is 25.7 Å². The molecule has 0 unspecified atom stereocenters. The number of ether oxygens (including phenoxy) is 3. The van der Waals surface area contributed by atoms with Gasteiger partial charge < -0.3 is 19.5 Å². The highest BCUT2D eigenvalue weighted by Crippen LogP contribution is 2.29. The van der Waals surface area contributed by atoms with Crippen LogP contribution in [0.2, 0.25) is 0 Å². The molecule has 0 spiro atoms. The molecule has 0 saturated heterocycles. The summed E-state index contributed by atoms with van der Waals surface area (Å²) in [7, 11) is 1.69. The highest BCUT2D eigenvalue weighted by Gasteiger charge is 2.22. The Morgan fingerprint density at radius 1 is 1.20 bits per heavy atom. The first-order valence-electron chi connectivity index (χ1n) is 7.46. The van der Waals surface area contributed by atoms with Crippen LogP contribution in [0.3, 0.4) is 0 Å². The van der Waals surface area contributed by atoms with Crippen LogP contribution in [0.5, 0.6) is 11.5 Å². The predicted molar refractivity (Wildman–Crippen MR) is 77.0 cm³/mol. The van der Waals surface area contributed by atoms with Crippen LogP contribution in [0.4, 0.5) is 0 Å². The standard InChI is InChI=1S/C16H23NO3/c1-18-15-6-7-16(20-11-19-10-12-2-3-12)13(8-15)9-17-14-4-5-14/h6-8,12,14,17H,2-5,9-11H2,1H3. The molecule has 2 aliphatic carbocycles. The van der Waals surface area contributed by atoms with Crippen LogP contribution in [0.1, 0.15) is 31.2 Å². The van der Waals surface area contributed by atoms with Gasteiger partial charge in [-0.3, -0.25) is 0 Å². The molecule has 2 saturated carbocycles. The Morgan fingerprint density at radius 3 is 2.75 bits per heavy atom. The minimum atomic E-state index is 0.333. The molecule has 0 aromatic heterocycles. The first-order valence-corrected chi connectivity index (χ1v) is 7.46. The van der Waals surface area contributed by atoms with Gasteiger partial charge in [0.05, 0.1) is 13.7 Å². The zero-order valence-electron chi connectivity index (χ0n) is 12.1. The molecule has 0 radical (unpaired) electrons. The van der Waals surface area contributed by atoms with Crippen molar-refractivity contribution in [3.05, 3.63) is 23.8 Å². The van der Waals surface area contributed by atoms with Gasteiger partial charge in [0.15, 0.2) is 6.79 Å². The lowest BCUT2D eigenvalue weighted by Crippen LogP contribution is -2.16. The smallest absolute Gasteiger partial charge is 0.189 e. The minimum absolute atomic E-state index is 0.333. The van der Waals surface area contributed by atoms with E-state index in [1.807, 2.05) is 18.2 Å². The summed E-state index contributed by atoms with van der Waals surface area (Å²) in [6.07, 6.45) is 5.17. The highest BCUT2D eigenvalue weighted by molar-refractivity contribution is 5.40. The molecule has 2 fully saturated rings. The number of nitrogens with one attached hydrogen (secondary N) is 1. The third-order valence-electron chi connectivity index (χ3n) is 3.77. The molecule has 0 heterocycles. The van der Waals surface area contributed by atoms with Crippen molar-refractivity contribution in [1.82, 2.24) is 5.32 Å². The van der Waals surface area contributed by atoms with Crippen molar-refractivity contribution in [3.63, 3.8) is 0 Å². The lowest BCUT2D eigenvalue weighted by molar-refractivity contribution is 0.00938. The summed E-state index contributed by atoms with van der Waals surface area (Å²) in [6, 6.07) is 6.60. The number of methoxy groups -OCH3 is 1. The van der Waals surface area contributed by atoms with Crippen LogP contribution in [-0.2, 0) is 11.3 Å². The SMILES string of the molecule is COc1ccc(OCOCC2CC2)c(CNC2CC2)c1. The second kappa shape index (κ2) is 6.46. The molecule has 3 rings (SSSR count). The first-order chi connectivity index (χ1) is 9.85. The summed E-state index contributed by atoms with van der Waals surface area (Å²) in [6.45, 7) is 1.98. The number of hydrogen-bond acceptors (Lipinski definition) is 4. The zero-order chi connectivity index (χ0) is 13.8. The maximum Gasteiger partial charge on any atom is 0.189 e. The van der Waals surface area contributed by atoms with Crippen LogP contribution in [0, 0.1) is 5.92 Å². The fraction of sp³-hybridized carbons (Fsp3) is 0.625. The molecular weight excluding hydrogens is 254 g/mol. The largest absolute Gasteiger partial charge is 0.497 e. The number of hydrogen-bond donors (Lipinski definition) is 1. The fourth-order valence-corrected chi connectivity index (χ4v) is 2.11. The van der Waals surface area contributed by atoms with Gasteiger partial charge in [-0.1, -0.05) is 0 Å². The molecule has 20 heavy (non-hydrogen) atoms. The fourth-order valence-electron chi connectivity index (χ4n) is 2.11. The maximum atomic E-state index is 5.75. The topological polar surface area (TPSA) is 39.7 Å². The minimum Gasteiger partial charge on any atom is -0.497 e. The van der Waals surface area contributed by atoms with Gasteiger partial charge >= 0.3 is 0 Å². The van der Waals surface area contributed by atoms with Crippen molar-refractivity contribution in [2.75, 3.05) is 20.5 Å². The molecule has 0 bridgehead atoms. The highest BCUT2D eigenvalue weighted by atomic mass is 16.7. The molecule has 110 valence electrons. The van der Waals surface area contributed by atoms with Gasteiger partial charge in [-0.2, -0.15) is 0 Å². The van der Waals surface area contributed by atoms with Gasteiger partial charge in [0.1, 0.15) is 11.5 Å². The van der Waals surface area contributed by atoms with Gasteiger partial charge in [-0.05, 0) is 49.8 Å². The van der Waals surface area contributed by atoms with Gasteiger partial charge in [0.2, 0.25) is 0 Å². The summed E-state index contributed by atoms with van der Waals surface area (Å²) in [5.74, 6) is 2.52. The van der Waals surface area contributed by atoms with Crippen LogP contribution in [0.15, 0.2) is 18.2 Å². The average Bonchev–Trinajstić information content (AvgIpc) is 3.36. The molecule has 0 aliphatic heterocycles. The third kappa shape index (κ3) is 4.12. The monoisotopic (exact) mass is 277 g/mol. The van der Waals surface area contributed by atoms with E-state index in [4.69, 9.17) is 14.2 Å². The van der Waals surface area contributed by atoms with Crippen LogP contribution >= 0.6 is 0 Å². The maximum absolute atomic E-state index is 5.75. The Morgan fingerprint density at radius 2 is 2.05 bits per heavy atom. The Balaban J connectivity index is 1.54. The van der Waals surface area contributed by atoms with Gasteiger partial charge in [0, 0.05) is 18.2 Å². The van der Waals surface area contributed by atoms with Crippen molar-refractivity contribution in [2.24, 2.45) is 5.92 Å². The number of rotatable bonds is 9. The van der Waals surface area contributed by atoms with Crippen molar-refractivity contribution in [3.8, 4) is 11.5 Å². The third-order valence-corrected chi connectivity index (χ3v) is 3.77. The predicted octanol–water partition coefficient (Wildman–Crippen LogP) is 2.71.